The second kappa shape index (κ2) is 4.99. The summed E-state index contributed by atoms with van der Waals surface area (Å²) in [6.45, 7) is 1.94. The third kappa shape index (κ3) is 2.64. The molecule has 0 fully saturated rings. The Morgan fingerprint density at radius 3 is 2.94 bits per heavy atom. The number of nitrogens with zero attached hydrogens (tertiary/aromatic N) is 1. The van der Waals surface area contributed by atoms with E-state index in [-0.39, 0.29) is 0 Å². The van der Waals surface area contributed by atoms with E-state index in [1.165, 1.54) is 11.8 Å². The molecule has 0 unspecified atom stereocenters. The van der Waals surface area contributed by atoms with Gasteiger partial charge in [-0.05, 0) is 25.1 Å². The van der Waals surface area contributed by atoms with Gasteiger partial charge in [-0.25, -0.2) is 4.98 Å². The zero-order valence-electron chi connectivity index (χ0n) is 8.44. The Hall–Kier alpha value is -0.840. The van der Waals surface area contributed by atoms with Crippen LogP contribution in [-0.4, -0.2) is 11.3 Å². The van der Waals surface area contributed by atoms with Crippen LogP contribution in [0.5, 0.6) is 0 Å². The number of carbonyl (C=O) groups is 1. The van der Waals surface area contributed by atoms with Crippen LogP contribution < -0.4 is 0 Å². The fourth-order valence-electron chi connectivity index (χ4n) is 1.17. The molecule has 2 nitrogen and oxygen atoms in total. The Bertz CT molecular complexity index is 524. The van der Waals surface area contributed by atoms with Gasteiger partial charge in [0.15, 0.2) is 10.6 Å². The number of hydrogen-bond acceptors (Lipinski definition) is 4. The molecule has 2 rings (SSSR count). The van der Waals surface area contributed by atoms with Gasteiger partial charge in [-0.2, -0.15) is 0 Å². The minimum absolute atomic E-state index is 0.626. The Morgan fingerprint density at radius 2 is 2.31 bits per heavy atom. The second-order valence-electron chi connectivity index (χ2n) is 3.16. The molecule has 5 heteroatoms. The van der Waals surface area contributed by atoms with Gasteiger partial charge < -0.3 is 0 Å². The van der Waals surface area contributed by atoms with E-state index in [0.717, 1.165) is 21.2 Å². The summed E-state index contributed by atoms with van der Waals surface area (Å²) < 4.78 is 0.919. The van der Waals surface area contributed by atoms with Gasteiger partial charge in [0, 0.05) is 26.6 Å². The lowest BCUT2D eigenvalue weighted by Gasteiger charge is -2.02. The van der Waals surface area contributed by atoms with Gasteiger partial charge in [-0.15, -0.1) is 11.3 Å². The summed E-state index contributed by atoms with van der Waals surface area (Å²) in [5.41, 5.74) is 1.63. The van der Waals surface area contributed by atoms with E-state index in [4.69, 9.17) is 11.6 Å². The van der Waals surface area contributed by atoms with Crippen LogP contribution >= 0.6 is 34.7 Å². The molecule has 0 aliphatic carbocycles. The summed E-state index contributed by atoms with van der Waals surface area (Å²) in [5.74, 6) is 0. The molecule has 1 aromatic heterocycles. The Morgan fingerprint density at radius 1 is 1.50 bits per heavy atom. The van der Waals surface area contributed by atoms with Crippen molar-refractivity contribution >= 4 is 41.0 Å². The molecule has 0 amide bonds. The first-order valence-electron chi connectivity index (χ1n) is 4.54. The highest BCUT2D eigenvalue weighted by Gasteiger charge is 2.07. The molecular formula is C11H8ClNOS2. The highest BCUT2D eigenvalue weighted by molar-refractivity contribution is 8.01. The molecule has 0 aliphatic rings. The molecule has 2 aromatic rings. The number of hydrogen-bond donors (Lipinski definition) is 0. The Labute approximate surface area is 107 Å². The van der Waals surface area contributed by atoms with Crippen molar-refractivity contribution in [1.29, 1.82) is 0 Å². The summed E-state index contributed by atoms with van der Waals surface area (Å²) in [6, 6.07) is 5.22. The first-order chi connectivity index (χ1) is 7.69. The van der Waals surface area contributed by atoms with Gasteiger partial charge in [-0.3, -0.25) is 4.79 Å². The summed E-state index contributed by atoms with van der Waals surface area (Å²) in [5, 5.41) is 2.61. The molecule has 0 saturated heterocycles. The lowest BCUT2D eigenvalue weighted by Crippen LogP contribution is -1.84. The Balaban J connectivity index is 2.32. The lowest BCUT2D eigenvalue weighted by atomic mass is 10.2. The molecule has 0 radical (unpaired) electrons. The van der Waals surface area contributed by atoms with Crippen molar-refractivity contribution in [2.75, 3.05) is 0 Å². The van der Waals surface area contributed by atoms with E-state index in [0.29, 0.717) is 10.6 Å². The molecule has 1 heterocycles. The monoisotopic (exact) mass is 269 g/mol. The summed E-state index contributed by atoms with van der Waals surface area (Å²) in [6.07, 6.45) is 0.832. The number of aryl methyl sites for hydroxylation is 1. The van der Waals surface area contributed by atoms with Crippen molar-refractivity contribution in [1.82, 2.24) is 4.98 Å². The standard InChI is InChI=1S/C11H8ClNOS2/c1-7-6-15-11(13-7)16-10-4-9(12)3-2-8(10)5-14/h2-6H,1H3. The van der Waals surface area contributed by atoms with Gasteiger partial charge in [0.1, 0.15) is 0 Å². The third-order valence-corrected chi connectivity index (χ3v) is 4.26. The first-order valence-corrected chi connectivity index (χ1v) is 6.61. The molecule has 82 valence electrons. The van der Waals surface area contributed by atoms with E-state index >= 15 is 0 Å². The predicted octanol–water partition coefficient (Wildman–Crippen LogP) is 4.07. The van der Waals surface area contributed by atoms with Crippen LogP contribution in [0.25, 0.3) is 0 Å². The Kier molecular flexibility index (Phi) is 3.63. The van der Waals surface area contributed by atoms with E-state index in [9.17, 15) is 4.79 Å². The molecular weight excluding hydrogens is 262 g/mol. The third-order valence-electron chi connectivity index (χ3n) is 1.90. The SMILES string of the molecule is Cc1csc(Sc2cc(Cl)ccc2C=O)n1. The van der Waals surface area contributed by atoms with Crippen LogP contribution in [0.15, 0.2) is 32.8 Å². The molecule has 0 N–H and O–H groups in total. The average Bonchev–Trinajstić information content (AvgIpc) is 2.64. The molecule has 1 aromatic carbocycles. The van der Waals surface area contributed by atoms with Crippen molar-refractivity contribution in [2.24, 2.45) is 0 Å². The quantitative estimate of drug-likeness (QED) is 0.787. The van der Waals surface area contributed by atoms with Crippen LogP contribution in [0, 0.1) is 6.92 Å². The number of carbonyl (C=O) groups excluding carboxylic acids is 1. The van der Waals surface area contributed by atoms with E-state index in [2.05, 4.69) is 4.98 Å². The minimum atomic E-state index is 0.626. The highest BCUT2D eigenvalue weighted by atomic mass is 35.5. The van der Waals surface area contributed by atoms with Crippen molar-refractivity contribution in [2.45, 2.75) is 16.2 Å². The number of benzene rings is 1. The topological polar surface area (TPSA) is 30.0 Å². The van der Waals surface area contributed by atoms with Crippen molar-refractivity contribution in [3.63, 3.8) is 0 Å². The summed E-state index contributed by atoms with van der Waals surface area (Å²) >= 11 is 8.93. The average molecular weight is 270 g/mol. The maximum atomic E-state index is 10.9. The molecule has 0 spiro atoms. The van der Waals surface area contributed by atoms with Crippen molar-refractivity contribution in [3.8, 4) is 0 Å². The molecule has 0 atom stereocenters. The van der Waals surface area contributed by atoms with Gasteiger partial charge in [0.05, 0.1) is 0 Å². The van der Waals surface area contributed by atoms with Crippen LogP contribution in [0.1, 0.15) is 16.1 Å². The van der Waals surface area contributed by atoms with Crippen molar-refractivity contribution in [3.05, 3.63) is 39.9 Å². The predicted molar refractivity (Wildman–Crippen MR) is 67.8 cm³/mol. The second-order valence-corrected chi connectivity index (χ2v) is 5.74. The minimum Gasteiger partial charge on any atom is -0.298 e. The van der Waals surface area contributed by atoms with E-state index in [1.54, 1.807) is 29.5 Å². The zero-order chi connectivity index (χ0) is 11.5. The van der Waals surface area contributed by atoms with Crippen LogP contribution in [0.3, 0.4) is 0 Å². The molecule has 0 saturated carbocycles. The van der Waals surface area contributed by atoms with Gasteiger partial charge >= 0.3 is 0 Å². The number of aromatic nitrogens is 1. The molecule has 0 aliphatic heterocycles. The number of rotatable bonds is 3. The number of halogens is 1. The van der Waals surface area contributed by atoms with Crippen LogP contribution in [-0.2, 0) is 0 Å². The molecule has 16 heavy (non-hydrogen) atoms. The largest absolute Gasteiger partial charge is 0.298 e. The van der Waals surface area contributed by atoms with Gasteiger partial charge in [0.25, 0.3) is 0 Å². The maximum Gasteiger partial charge on any atom is 0.154 e. The van der Waals surface area contributed by atoms with Crippen LogP contribution in [0.4, 0.5) is 0 Å². The number of thiazole rings is 1. The normalized spacial score (nSPS) is 10.4. The fraction of sp³-hybridized carbons (Fsp3) is 0.0909. The molecule has 0 bridgehead atoms. The van der Waals surface area contributed by atoms with E-state index in [1.807, 2.05) is 12.3 Å². The summed E-state index contributed by atoms with van der Waals surface area (Å²) in [4.78, 5) is 16.0. The van der Waals surface area contributed by atoms with Crippen molar-refractivity contribution < 1.29 is 4.79 Å². The van der Waals surface area contributed by atoms with E-state index < -0.39 is 0 Å². The smallest absolute Gasteiger partial charge is 0.154 e. The summed E-state index contributed by atoms with van der Waals surface area (Å²) in [7, 11) is 0. The lowest BCUT2D eigenvalue weighted by molar-refractivity contribution is 0.112. The van der Waals surface area contributed by atoms with Crippen LogP contribution in [0.2, 0.25) is 5.02 Å². The highest BCUT2D eigenvalue weighted by Crippen LogP contribution is 2.33. The van der Waals surface area contributed by atoms with Gasteiger partial charge in [-0.1, -0.05) is 23.4 Å². The fourth-order valence-corrected chi connectivity index (χ4v) is 3.33. The zero-order valence-corrected chi connectivity index (χ0v) is 10.8. The number of aldehydes is 1. The first kappa shape index (κ1) is 11.6. The van der Waals surface area contributed by atoms with Gasteiger partial charge in [0.2, 0.25) is 0 Å². The maximum absolute atomic E-state index is 10.9.